The third-order valence-corrected chi connectivity index (χ3v) is 2.57. The Balaban J connectivity index is 2.44. The fourth-order valence-electron chi connectivity index (χ4n) is 1.67. The van der Waals surface area contributed by atoms with Crippen molar-refractivity contribution in [3.63, 3.8) is 0 Å². The van der Waals surface area contributed by atoms with Crippen LogP contribution in [-0.4, -0.2) is 0 Å². The summed E-state index contributed by atoms with van der Waals surface area (Å²) in [5.74, 6) is -0.219. The Morgan fingerprint density at radius 3 is 2.25 bits per heavy atom. The predicted molar refractivity (Wildman–Crippen MR) is 64.4 cm³/mol. The zero-order valence-electron chi connectivity index (χ0n) is 9.15. The van der Waals surface area contributed by atoms with Gasteiger partial charge in [0.25, 0.3) is 0 Å². The minimum Gasteiger partial charge on any atom is -0.324 e. The molecular formula is C14H14FN. The van der Waals surface area contributed by atoms with E-state index in [2.05, 4.69) is 0 Å². The maximum Gasteiger partial charge on any atom is 0.123 e. The van der Waals surface area contributed by atoms with Crippen LogP contribution < -0.4 is 5.73 Å². The molecule has 0 saturated carbocycles. The Hall–Kier alpha value is -1.67. The summed E-state index contributed by atoms with van der Waals surface area (Å²) < 4.78 is 13.1. The van der Waals surface area contributed by atoms with Crippen LogP contribution in [0.25, 0.3) is 11.1 Å². The lowest BCUT2D eigenvalue weighted by Crippen LogP contribution is -2.04. The number of hydrogen-bond acceptors (Lipinski definition) is 1. The Bertz CT molecular complexity index is 492. The van der Waals surface area contributed by atoms with Crippen molar-refractivity contribution in [1.82, 2.24) is 0 Å². The highest BCUT2D eigenvalue weighted by Crippen LogP contribution is 2.22. The van der Waals surface area contributed by atoms with Crippen molar-refractivity contribution in [2.75, 3.05) is 0 Å². The van der Waals surface area contributed by atoms with E-state index in [1.807, 2.05) is 37.3 Å². The first kappa shape index (κ1) is 10.8. The van der Waals surface area contributed by atoms with Crippen LogP contribution >= 0.6 is 0 Å². The molecule has 0 saturated heterocycles. The third-order valence-electron chi connectivity index (χ3n) is 2.57. The van der Waals surface area contributed by atoms with Crippen molar-refractivity contribution < 1.29 is 4.39 Å². The van der Waals surface area contributed by atoms with E-state index >= 15 is 0 Å². The molecule has 1 atom stereocenters. The fourth-order valence-corrected chi connectivity index (χ4v) is 1.67. The molecule has 0 spiro atoms. The number of hydrogen-bond donors (Lipinski definition) is 1. The molecule has 1 nitrogen and oxygen atoms in total. The number of benzene rings is 2. The molecule has 0 aromatic heterocycles. The van der Waals surface area contributed by atoms with Crippen LogP contribution in [-0.2, 0) is 0 Å². The van der Waals surface area contributed by atoms with Crippen molar-refractivity contribution in [3.05, 3.63) is 59.9 Å². The summed E-state index contributed by atoms with van der Waals surface area (Å²) in [7, 11) is 0. The molecule has 0 radical (unpaired) electrons. The average molecular weight is 215 g/mol. The van der Waals surface area contributed by atoms with Crippen LogP contribution in [0, 0.1) is 5.82 Å². The van der Waals surface area contributed by atoms with Gasteiger partial charge in [0, 0.05) is 6.04 Å². The van der Waals surface area contributed by atoms with Gasteiger partial charge in [-0.2, -0.15) is 0 Å². The first-order valence-electron chi connectivity index (χ1n) is 5.28. The molecule has 0 aliphatic rings. The van der Waals surface area contributed by atoms with Crippen molar-refractivity contribution >= 4 is 0 Å². The van der Waals surface area contributed by atoms with E-state index in [0.29, 0.717) is 0 Å². The van der Waals surface area contributed by atoms with Gasteiger partial charge in [0.2, 0.25) is 0 Å². The van der Waals surface area contributed by atoms with Crippen molar-refractivity contribution in [3.8, 4) is 11.1 Å². The van der Waals surface area contributed by atoms with Crippen molar-refractivity contribution in [2.45, 2.75) is 13.0 Å². The summed E-state index contributed by atoms with van der Waals surface area (Å²) in [5, 5.41) is 0. The molecule has 2 heteroatoms. The monoisotopic (exact) mass is 215 g/mol. The summed E-state index contributed by atoms with van der Waals surface area (Å²) in [5.41, 5.74) is 8.75. The first-order valence-corrected chi connectivity index (χ1v) is 5.28. The maximum absolute atomic E-state index is 13.1. The SMILES string of the molecule is C[C@H](N)c1cccc(-c2cccc(F)c2)c1. The zero-order valence-corrected chi connectivity index (χ0v) is 9.15. The Morgan fingerprint density at radius 2 is 1.62 bits per heavy atom. The lowest BCUT2D eigenvalue weighted by atomic mass is 10.0. The standard InChI is InChI=1S/C14H14FN/c1-10(16)11-4-2-5-12(8-11)13-6-3-7-14(15)9-13/h2-10H,16H2,1H3/t10-/m0/s1. The van der Waals surface area contributed by atoms with E-state index < -0.39 is 0 Å². The van der Waals surface area contributed by atoms with E-state index in [0.717, 1.165) is 16.7 Å². The predicted octanol–water partition coefficient (Wildman–Crippen LogP) is 3.51. The molecule has 0 aliphatic carbocycles. The highest BCUT2D eigenvalue weighted by Gasteiger charge is 2.03. The Labute approximate surface area is 94.7 Å². The molecule has 0 fully saturated rings. The molecule has 2 rings (SSSR count). The molecule has 0 amide bonds. The molecule has 2 N–H and O–H groups in total. The normalized spacial score (nSPS) is 12.4. The van der Waals surface area contributed by atoms with Crippen molar-refractivity contribution in [2.24, 2.45) is 5.73 Å². The lowest BCUT2D eigenvalue weighted by Gasteiger charge is -2.08. The lowest BCUT2D eigenvalue weighted by molar-refractivity contribution is 0.628. The molecule has 82 valence electrons. The highest BCUT2D eigenvalue weighted by atomic mass is 19.1. The molecule has 2 aromatic rings. The second kappa shape index (κ2) is 4.45. The Morgan fingerprint density at radius 1 is 1.00 bits per heavy atom. The molecule has 0 aliphatic heterocycles. The summed E-state index contributed by atoms with van der Waals surface area (Å²) in [4.78, 5) is 0. The third kappa shape index (κ3) is 2.28. The van der Waals surface area contributed by atoms with E-state index in [1.54, 1.807) is 6.07 Å². The summed E-state index contributed by atoms with van der Waals surface area (Å²) in [6.45, 7) is 1.94. The van der Waals surface area contributed by atoms with Gasteiger partial charge in [-0.25, -0.2) is 4.39 Å². The van der Waals surface area contributed by atoms with E-state index in [4.69, 9.17) is 5.73 Å². The number of nitrogens with two attached hydrogens (primary N) is 1. The molecular weight excluding hydrogens is 201 g/mol. The van der Waals surface area contributed by atoms with Crippen LogP contribution in [0.2, 0.25) is 0 Å². The molecule has 0 heterocycles. The van der Waals surface area contributed by atoms with Crippen molar-refractivity contribution in [1.29, 1.82) is 0 Å². The van der Waals surface area contributed by atoms with Gasteiger partial charge in [-0.05, 0) is 41.8 Å². The van der Waals surface area contributed by atoms with Gasteiger partial charge in [0.1, 0.15) is 5.82 Å². The topological polar surface area (TPSA) is 26.0 Å². The average Bonchev–Trinajstić information content (AvgIpc) is 2.29. The van der Waals surface area contributed by atoms with E-state index in [1.165, 1.54) is 12.1 Å². The van der Waals surface area contributed by atoms with Gasteiger partial charge in [-0.1, -0.05) is 30.3 Å². The number of halogens is 1. The van der Waals surface area contributed by atoms with E-state index in [9.17, 15) is 4.39 Å². The van der Waals surface area contributed by atoms with Crippen LogP contribution in [0.3, 0.4) is 0 Å². The molecule has 16 heavy (non-hydrogen) atoms. The van der Waals surface area contributed by atoms with Crippen LogP contribution in [0.5, 0.6) is 0 Å². The first-order chi connectivity index (χ1) is 7.66. The zero-order chi connectivity index (χ0) is 11.5. The molecule has 0 unspecified atom stereocenters. The second-order valence-electron chi connectivity index (χ2n) is 3.92. The van der Waals surface area contributed by atoms with Gasteiger partial charge in [-0.3, -0.25) is 0 Å². The van der Waals surface area contributed by atoms with Crippen LogP contribution in [0.15, 0.2) is 48.5 Å². The molecule has 0 bridgehead atoms. The van der Waals surface area contributed by atoms with Crippen LogP contribution in [0.1, 0.15) is 18.5 Å². The van der Waals surface area contributed by atoms with E-state index in [-0.39, 0.29) is 11.9 Å². The summed E-state index contributed by atoms with van der Waals surface area (Å²) in [6.07, 6.45) is 0. The second-order valence-corrected chi connectivity index (χ2v) is 3.92. The van der Waals surface area contributed by atoms with Gasteiger partial charge in [0.15, 0.2) is 0 Å². The Kier molecular flexibility index (Phi) is 3.02. The van der Waals surface area contributed by atoms with Gasteiger partial charge < -0.3 is 5.73 Å². The number of rotatable bonds is 2. The quantitative estimate of drug-likeness (QED) is 0.815. The smallest absolute Gasteiger partial charge is 0.123 e. The van der Waals surface area contributed by atoms with Crippen LogP contribution in [0.4, 0.5) is 4.39 Å². The minimum atomic E-state index is -0.219. The van der Waals surface area contributed by atoms with Gasteiger partial charge >= 0.3 is 0 Å². The van der Waals surface area contributed by atoms with Gasteiger partial charge in [-0.15, -0.1) is 0 Å². The fraction of sp³-hybridized carbons (Fsp3) is 0.143. The maximum atomic E-state index is 13.1. The minimum absolute atomic E-state index is 0.00601. The summed E-state index contributed by atoms with van der Waals surface area (Å²) in [6, 6.07) is 14.5. The summed E-state index contributed by atoms with van der Waals surface area (Å²) >= 11 is 0. The largest absolute Gasteiger partial charge is 0.324 e. The molecule has 2 aromatic carbocycles. The van der Waals surface area contributed by atoms with Gasteiger partial charge in [0.05, 0.1) is 0 Å². The highest BCUT2D eigenvalue weighted by molar-refractivity contribution is 5.64.